The molecule has 0 aliphatic rings. The van der Waals surface area contributed by atoms with Crippen LogP contribution in [0.2, 0.25) is 0 Å². The first-order valence-corrected chi connectivity index (χ1v) is 2.46. The van der Waals surface area contributed by atoms with Crippen LogP contribution in [-0.2, 0) is 4.74 Å². The molecule has 0 amide bonds. The van der Waals surface area contributed by atoms with E-state index in [1.54, 1.807) is 7.11 Å². The number of halogens is 1. The van der Waals surface area contributed by atoms with Gasteiger partial charge in [0, 0.05) is 13.7 Å². The van der Waals surface area contributed by atoms with Crippen molar-refractivity contribution >= 4 is 0 Å². The van der Waals surface area contributed by atoms with E-state index in [0.717, 1.165) is 6.42 Å². The van der Waals surface area contributed by atoms with Gasteiger partial charge in [0.1, 0.15) is 0 Å². The fraction of sp³-hybridized carbons (Fsp3) is 1.00. The molecule has 2 heteroatoms. The molecule has 0 spiro atoms. The summed E-state index contributed by atoms with van der Waals surface area (Å²) in [4.78, 5) is 0. The molecule has 0 aromatic heterocycles. The maximum absolute atomic E-state index is 11.3. The molecule has 1 nitrogen and oxygen atoms in total. The Morgan fingerprint density at radius 1 is 1.43 bits per heavy atom. The Balaban J connectivity index is 2.45. The van der Waals surface area contributed by atoms with Gasteiger partial charge in [0.15, 0.2) is 0 Å². The Bertz CT molecular complexity index is 27.3. The van der Waals surface area contributed by atoms with Crippen LogP contribution in [0.3, 0.4) is 0 Å². The van der Waals surface area contributed by atoms with Gasteiger partial charge in [-0.2, -0.15) is 0 Å². The molecule has 0 rings (SSSR count). The summed E-state index contributed by atoms with van der Waals surface area (Å²) in [5, 5.41) is 0. The van der Waals surface area contributed by atoms with Crippen molar-refractivity contribution < 1.29 is 9.13 Å². The lowest BCUT2D eigenvalue weighted by Gasteiger charge is -1.91. The molecule has 7 heavy (non-hydrogen) atoms. The highest BCUT2D eigenvalue weighted by molar-refractivity contribution is 4.33. The van der Waals surface area contributed by atoms with E-state index in [-0.39, 0.29) is 6.67 Å². The van der Waals surface area contributed by atoms with Crippen LogP contribution in [0.1, 0.15) is 12.8 Å². The van der Waals surface area contributed by atoms with E-state index in [1.807, 2.05) is 0 Å². The van der Waals surface area contributed by atoms with Crippen LogP contribution >= 0.6 is 0 Å². The van der Waals surface area contributed by atoms with Crippen LogP contribution in [0, 0.1) is 0 Å². The zero-order valence-electron chi connectivity index (χ0n) is 4.61. The van der Waals surface area contributed by atoms with Gasteiger partial charge < -0.3 is 4.74 Å². The second-order valence-electron chi connectivity index (χ2n) is 1.39. The van der Waals surface area contributed by atoms with Gasteiger partial charge >= 0.3 is 0 Å². The van der Waals surface area contributed by atoms with Gasteiger partial charge in [0.25, 0.3) is 0 Å². The van der Waals surface area contributed by atoms with Crippen LogP contribution in [0.4, 0.5) is 4.39 Å². The Morgan fingerprint density at radius 2 is 2.14 bits per heavy atom. The van der Waals surface area contributed by atoms with E-state index in [9.17, 15) is 4.39 Å². The molecule has 0 fully saturated rings. The summed E-state index contributed by atoms with van der Waals surface area (Å²) in [6, 6.07) is 0. The van der Waals surface area contributed by atoms with Crippen LogP contribution < -0.4 is 0 Å². The van der Waals surface area contributed by atoms with Gasteiger partial charge in [-0.15, -0.1) is 0 Å². The van der Waals surface area contributed by atoms with Gasteiger partial charge in [-0.05, 0) is 12.8 Å². The fourth-order valence-corrected chi connectivity index (χ4v) is 0.341. The number of methoxy groups -OCH3 is 1. The van der Waals surface area contributed by atoms with Crippen molar-refractivity contribution in [2.45, 2.75) is 12.8 Å². The molecule has 0 aliphatic carbocycles. The molecule has 0 unspecified atom stereocenters. The minimum absolute atomic E-state index is 0.219. The molecule has 0 N–H and O–H groups in total. The molecule has 0 aromatic carbocycles. The predicted molar refractivity (Wildman–Crippen MR) is 27.1 cm³/mol. The predicted octanol–water partition coefficient (Wildman–Crippen LogP) is 1.38. The lowest BCUT2D eigenvalue weighted by atomic mass is 10.3. The van der Waals surface area contributed by atoms with Crippen LogP contribution in [0.5, 0.6) is 0 Å². The van der Waals surface area contributed by atoms with Gasteiger partial charge in [0.2, 0.25) is 0 Å². The molecule has 0 radical (unpaired) electrons. The maximum atomic E-state index is 11.3. The second-order valence-corrected chi connectivity index (χ2v) is 1.39. The summed E-state index contributed by atoms with van der Waals surface area (Å²) in [6.45, 7) is 0.466. The van der Waals surface area contributed by atoms with Gasteiger partial charge in [-0.3, -0.25) is 4.39 Å². The number of rotatable bonds is 4. The van der Waals surface area contributed by atoms with Crippen LogP contribution in [-0.4, -0.2) is 20.4 Å². The highest BCUT2D eigenvalue weighted by atomic mass is 19.1. The number of alkyl halides is 1. The lowest BCUT2D eigenvalue weighted by Crippen LogP contribution is -1.87. The molecular weight excluding hydrogens is 95.1 g/mol. The molecule has 0 saturated carbocycles. The largest absolute Gasteiger partial charge is 0.385 e. The quantitative estimate of drug-likeness (QED) is 0.492. The first kappa shape index (κ1) is 6.89. The van der Waals surface area contributed by atoms with E-state index in [2.05, 4.69) is 4.74 Å². The van der Waals surface area contributed by atoms with Crippen molar-refractivity contribution in [1.82, 2.24) is 0 Å². The van der Waals surface area contributed by atoms with Crippen LogP contribution in [0.25, 0.3) is 0 Å². The van der Waals surface area contributed by atoms with Crippen molar-refractivity contribution in [3.63, 3.8) is 0 Å². The van der Waals surface area contributed by atoms with Gasteiger partial charge in [0.05, 0.1) is 6.67 Å². The summed E-state index contributed by atoms with van der Waals surface area (Å²) in [5.41, 5.74) is 0. The van der Waals surface area contributed by atoms with Gasteiger partial charge in [-0.1, -0.05) is 0 Å². The van der Waals surface area contributed by atoms with E-state index in [0.29, 0.717) is 13.0 Å². The second kappa shape index (κ2) is 5.89. The third-order valence-electron chi connectivity index (χ3n) is 0.732. The van der Waals surface area contributed by atoms with Crippen molar-refractivity contribution in [2.75, 3.05) is 20.4 Å². The van der Waals surface area contributed by atoms with Gasteiger partial charge in [-0.25, -0.2) is 0 Å². The number of ether oxygens (including phenoxy) is 1. The SMILES string of the molecule is COCCCCF. The zero-order chi connectivity index (χ0) is 5.54. The summed E-state index contributed by atoms with van der Waals surface area (Å²) >= 11 is 0. The molecule has 0 aromatic rings. The number of hydrogen-bond acceptors (Lipinski definition) is 1. The molecule has 0 bridgehead atoms. The molecule has 0 aliphatic heterocycles. The van der Waals surface area contributed by atoms with E-state index >= 15 is 0 Å². The lowest BCUT2D eigenvalue weighted by molar-refractivity contribution is 0.190. The van der Waals surface area contributed by atoms with E-state index < -0.39 is 0 Å². The van der Waals surface area contributed by atoms with Crippen molar-refractivity contribution in [2.24, 2.45) is 0 Å². The Labute approximate surface area is 43.5 Å². The summed E-state index contributed by atoms with van der Waals surface area (Å²) in [7, 11) is 1.62. The standard InChI is InChI=1S/C5H11FO/c1-7-5-3-2-4-6/h2-5H2,1H3. The summed E-state index contributed by atoms with van der Waals surface area (Å²) in [5.74, 6) is 0. The molecule has 0 atom stereocenters. The first-order valence-electron chi connectivity index (χ1n) is 2.46. The first-order chi connectivity index (χ1) is 3.41. The summed E-state index contributed by atoms with van der Waals surface area (Å²) < 4.78 is 15.9. The minimum Gasteiger partial charge on any atom is -0.385 e. The Hall–Kier alpha value is -0.110. The maximum Gasteiger partial charge on any atom is 0.0895 e. The molecule has 0 heterocycles. The number of unbranched alkanes of at least 4 members (excludes halogenated alkanes) is 1. The summed E-state index contributed by atoms with van der Waals surface area (Å²) in [6.07, 6.45) is 1.47. The average Bonchev–Trinajstić information content (AvgIpc) is 1.69. The zero-order valence-corrected chi connectivity index (χ0v) is 4.61. The Morgan fingerprint density at radius 3 is 2.57 bits per heavy atom. The highest BCUT2D eigenvalue weighted by Crippen LogP contribution is 1.87. The fourth-order valence-electron chi connectivity index (χ4n) is 0.341. The smallest absolute Gasteiger partial charge is 0.0895 e. The van der Waals surface area contributed by atoms with Crippen molar-refractivity contribution in [1.29, 1.82) is 0 Å². The number of hydrogen-bond donors (Lipinski definition) is 0. The topological polar surface area (TPSA) is 9.23 Å². The van der Waals surface area contributed by atoms with E-state index in [1.165, 1.54) is 0 Å². The molecule has 0 saturated heterocycles. The normalized spacial score (nSPS) is 9.43. The Kier molecular flexibility index (Phi) is 5.80. The minimum atomic E-state index is -0.219. The molecule has 44 valence electrons. The van der Waals surface area contributed by atoms with Crippen molar-refractivity contribution in [3.8, 4) is 0 Å². The molecular formula is C5H11FO. The average molecular weight is 106 g/mol. The third-order valence-corrected chi connectivity index (χ3v) is 0.732. The monoisotopic (exact) mass is 106 g/mol. The third kappa shape index (κ3) is 5.89. The van der Waals surface area contributed by atoms with Crippen molar-refractivity contribution in [3.05, 3.63) is 0 Å². The van der Waals surface area contributed by atoms with E-state index in [4.69, 9.17) is 0 Å². The van der Waals surface area contributed by atoms with Crippen LogP contribution in [0.15, 0.2) is 0 Å². The highest BCUT2D eigenvalue weighted by Gasteiger charge is 1.82.